The molecular weight excluding hydrogens is 352 g/mol. The van der Waals surface area contributed by atoms with E-state index in [1.807, 2.05) is 36.4 Å². The first-order valence-electron chi connectivity index (χ1n) is 8.96. The molecule has 1 aromatic heterocycles. The summed E-state index contributed by atoms with van der Waals surface area (Å²) in [6, 6.07) is 7.91. The predicted octanol–water partition coefficient (Wildman–Crippen LogP) is 4.53. The fraction of sp³-hybridized carbons (Fsp3) is 0.227. The van der Waals surface area contributed by atoms with Gasteiger partial charge in [-0.2, -0.15) is 0 Å². The minimum atomic E-state index is -0.461. The molecule has 1 aromatic carbocycles. The van der Waals surface area contributed by atoms with Crippen LogP contribution in [0, 0.1) is 5.41 Å². The fourth-order valence-corrected chi connectivity index (χ4v) is 2.58. The van der Waals surface area contributed by atoms with Crippen LogP contribution in [0.2, 0.25) is 0 Å². The van der Waals surface area contributed by atoms with Crippen LogP contribution >= 0.6 is 0 Å². The van der Waals surface area contributed by atoms with Gasteiger partial charge in [-0.3, -0.25) is 11.1 Å². The van der Waals surface area contributed by atoms with Gasteiger partial charge in [0.2, 0.25) is 5.88 Å². The van der Waals surface area contributed by atoms with Gasteiger partial charge in [0.1, 0.15) is 11.9 Å². The molecule has 0 saturated heterocycles. The van der Waals surface area contributed by atoms with Crippen molar-refractivity contribution in [1.82, 2.24) is 9.97 Å². The van der Waals surface area contributed by atoms with E-state index in [0.29, 0.717) is 35.8 Å². The molecular formula is C22H26N4O2. The molecule has 0 bridgehead atoms. The Morgan fingerprint density at radius 2 is 1.96 bits per heavy atom. The summed E-state index contributed by atoms with van der Waals surface area (Å²) in [5, 5.41) is 7.68. The van der Waals surface area contributed by atoms with Gasteiger partial charge in [0, 0.05) is 12.0 Å². The summed E-state index contributed by atoms with van der Waals surface area (Å²) >= 11 is 0. The van der Waals surface area contributed by atoms with Crippen LogP contribution in [0.15, 0.2) is 43.5 Å². The molecule has 0 amide bonds. The molecule has 1 heterocycles. The van der Waals surface area contributed by atoms with E-state index in [0.717, 1.165) is 11.1 Å². The molecule has 0 saturated carbocycles. The van der Waals surface area contributed by atoms with Crippen LogP contribution in [0.5, 0.6) is 5.88 Å². The van der Waals surface area contributed by atoms with Crippen molar-refractivity contribution in [3.8, 4) is 17.1 Å². The first-order chi connectivity index (χ1) is 13.5. The second kappa shape index (κ2) is 10.2. The van der Waals surface area contributed by atoms with E-state index in [-0.39, 0.29) is 5.90 Å². The Labute approximate surface area is 165 Å². The lowest BCUT2D eigenvalue weighted by molar-refractivity contribution is 0.207. The van der Waals surface area contributed by atoms with Crippen LogP contribution in [0.4, 0.5) is 0 Å². The number of benzene rings is 1. The van der Waals surface area contributed by atoms with Crippen molar-refractivity contribution < 1.29 is 9.47 Å². The van der Waals surface area contributed by atoms with Crippen molar-refractivity contribution >= 4 is 24.1 Å². The van der Waals surface area contributed by atoms with Crippen molar-refractivity contribution in [2.24, 2.45) is 5.73 Å². The van der Waals surface area contributed by atoms with Gasteiger partial charge in [-0.1, -0.05) is 43.5 Å². The number of nitrogens with zero attached hydrogens (tertiary/aromatic N) is 2. The van der Waals surface area contributed by atoms with E-state index >= 15 is 0 Å². The minimum Gasteiger partial charge on any atom is -0.479 e. The molecule has 6 nitrogen and oxygen atoms in total. The van der Waals surface area contributed by atoms with E-state index in [9.17, 15) is 0 Å². The molecule has 1 unspecified atom stereocenters. The normalized spacial score (nSPS) is 11.8. The van der Waals surface area contributed by atoms with Crippen molar-refractivity contribution in [2.45, 2.75) is 26.0 Å². The van der Waals surface area contributed by atoms with Crippen molar-refractivity contribution in [1.29, 1.82) is 5.41 Å². The zero-order valence-corrected chi connectivity index (χ0v) is 16.3. The first kappa shape index (κ1) is 21.1. The number of nitrogens with one attached hydrogen (secondary N) is 1. The summed E-state index contributed by atoms with van der Waals surface area (Å²) in [5.74, 6) is 0.621. The van der Waals surface area contributed by atoms with E-state index in [4.69, 9.17) is 20.6 Å². The lowest BCUT2D eigenvalue weighted by Gasteiger charge is -2.11. The van der Waals surface area contributed by atoms with Gasteiger partial charge in [0.25, 0.3) is 0 Å². The van der Waals surface area contributed by atoms with Gasteiger partial charge in [0.15, 0.2) is 5.90 Å². The molecule has 2 rings (SSSR count). The standard InChI is InChI=1S/C22H26N4O2/c1-5-18-19(6-2)26-22(27-4)21(25-18)17-12-9-11-16(14-17)10-7-8-13-20(24)28-15(3)23/h5-7,9-12,14-15,24H,1-2,8,13,23H2,3-4H3/b10-7+,24-20?. The average molecular weight is 378 g/mol. The highest BCUT2D eigenvalue weighted by molar-refractivity contribution is 5.73. The molecule has 0 spiro atoms. The Bertz CT molecular complexity index is 888. The highest BCUT2D eigenvalue weighted by Crippen LogP contribution is 2.29. The SMILES string of the molecule is C=Cc1nc(OC)c(-c2cccc(/C=C/CCC(=N)OC(C)N)c2)nc1C=C. The van der Waals surface area contributed by atoms with Crippen LogP contribution in [0.25, 0.3) is 29.5 Å². The third-order valence-electron chi connectivity index (χ3n) is 3.84. The smallest absolute Gasteiger partial charge is 0.240 e. The zero-order chi connectivity index (χ0) is 20.5. The van der Waals surface area contributed by atoms with E-state index in [1.165, 1.54) is 0 Å². The number of aromatic nitrogens is 2. The van der Waals surface area contributed by atoms with E-state index in [1.54, 1.807) is 26.2 Å². The summed E-state index contributed by atoms with van der Waals surface area (Å²) in [4.78, 5) is 9.10. The molecule has 3 N–H and O–H groups in total. The van der Waals surface area contributed by atoms with E-state index < -0.39 is 6.23 Å². The molecule has 28 heavy (non-hydrogen) atoms. The second-order valence-corrected chi connectivity index (χ2v) is 6.07. The highest BCUT2D eigenvalue weighted by Gasteiger charge is 2.13. The maximum absolute atomic E-state index is 7.68. The summed E-state index contributed by atoms with van der Waals surface area (Å²) < 4.78 is 10.5. The monoisotopic (exact) mass is 378 g/mol. The molecule has 146 valence electrons. The Morgan fingerprint density at radius 1 is 1.25 bits per heavy atom. The quantitative estimate of drug-likeness (QED) is 0.380. The second-order valence-electron chi connectivity index (χ2n) is 6.07. The molecule has 0 radical (unpaired) electrons. The van der Waals surface area contributed by atoms with Crippen LogP contribution in [0.3, 0.4) is 0 Å². The Hall–Kier alpha value is -3.25. The fourth-order valence-electron chi connectivity index (χ4n) is 2.58. The van der Waals surface area contributed by atoms with E-state index in [2.05, 4.69) is 23.1 Å². The summed E-state index contributed by atoms with van der Waals surface area (Å²) in [6.07, 6.45) is 8.00. The lowest BCUT2D eigenvalue weighted by Crippen LogP contribution is -2.22. The van der Waals surface area contributed by atoms with Crippen LogP contribution < -0.4 is 10.5 Å². The van der Waals surface area contributed by atoms with Crippen LogP contribution in [-0.2, 0) is 4.74 Å². The zero-order valence-electron chi connectivity index (χ0n) is 16.3. The Kier molecular flexibility index (Phi) is 7.65. The average Bonchev–Trinajstić information content (AvgIpc) is 2.69. The van der Waals surface area contributed by atoms with Crippen LogP contribution in [-0.4, -0.2) is 29.2 Å². The number of rotatable bonds is 9. The molecule has 0 aliphatic carbocycles. The summed E-state index contributed by atoms with van der Waals surface area (Å²) in [5.41, 5.74) is 9.33. The van der Waals surface area contributed by atoms with Crippen molar-refractivity contribution in [3.05, 3.63) is 60.5 Å². The minimum absolute atomic E-state index is 0.188. The van der Waals surface area contributed by atoms with Gasteiger partial charge in [0.05, 0.1) is 18.5 Å². The molecule has 0 aliphatic rings. The Balaban J connectivity index is 2.21. The van der Waals surface area contributed by atoms with Gasteiger partial charge in [-0.05, 0) is 37.1 Å². The van der Waals surface area contributed by atoms with Crippen LogP contribution in [0.1, 0.15) is 36.7 Å². The highest BCUT2D eigenvalue weighted by atomic mass is 16.5. The molecule has 6 heteroatoms. The number of methoxy groups -OCH3 is 1. The van der Waals surface area contributed by atoms with Crippen molar-refractivity contribution in [3.63, 3.8) is 0 Å². The predicted molar refractivity (Wildman–Crippen MR) is 115 cm³/mol. The topological polar surface area (TPSA) is 94.1 Å². The molecule has 1 atom stereocenters. The lowest BCUT2D eigenvalue weighted by atomic mass is 10.1. The number of hydrogen-bond donors (Lipinski definition) is 2. The van der Waals surface area contributed by atoms with Gasteiger partial charge in [-0.15, -0.1) is 0 Å². The largest absolute Gasteiger partial charge is 0.479 e. The van der Waals surface area contributed by atoms with Gasteiger partial charge >= 0.3 is 0 Å². The van der Waals surface area contributed by atoms with Gasteiger partial charge in [-0.25, -0.2) is 9.97 Å². The first-order valence-corrected chi connectivity index (χ1v) is 8.96. The maximum Gasteiger partial charge on any atom is 0.240 e. The number of nitrogens with two attached hydrogens (primary N) is 1. The number of allylic oxidation sites excluding steroid dienone is 1. The van der Waals surface area contributed by atoms with Gasteiger partial charge < -0.3 is 9.47 Å². The third-order valence-corrected chi connectivity index (χ3v) is 3.84. The molecule has 0 aliphatic heterocycles. The molecule has 0 fully saturated rings. The van der Waals surface area contributed by atoms with Crippen molar-refractivity contribution in [2.75, 3.05) is 7.11 Å². The summed E-state index contributed by atoms with van der Waals surface area (Å²) in [6.45, 7) is 9.25. The summed E-state index contributed by atoms with van der Waals surface area (Å²) in [7, 11) is 1.57. The Morgan fingerprint density at radius 3 is 2.61 bits per heavy atom. The molecule has 2 aromatic rings. The maximum atomic E-state index is 7.68. The number of hydrogen-bond acceptors (Lipinski definition) is 6. The number of ether oxygens (including phenoxy) is 2. The third kappa shape index (κ3) is 5.62.